The van der Waals surface area contributed by atoms with Crippen LogP contribution in [0.15, 0.2) is 59.2 Å². The maximum absolute atomic E-state index is 13.7. The average Bonchev–Trinajstić information content (AvgIpc) is 2.99. The molecule has 5 heteroatoms. The molecule has 3 nitrogen and oxygen atoms in total. The van der Waals surface area contributed by atoms with Crippen molar-refractivity contribution in [3.8, 4) is 11.5 Å². The molecule has 0 N–H and O–H groups in total. The highest BCUT2D eigenvalue weighted by atomic mass is 19.1. The van der Waals surface area contributed by atoms with Crippen molar-refractivity contribution in [2.75, 3.05) is 7.05 Å². The number of aromatic nitrogens is 1. The Kier molecular flexibility index (Phi) is 4.48. The summed E-state index contributed by atoms with van der Waals surface area (Å²) in [6.45, 7) is 0.868. The second kappa shape index (κ2) is 6.71. The summed E-state index contributed by atoms with van der Waals surface area (Å²) in [5, 5.41) is 0. The molecule has 0 atom stereocenters. The van der Waals surface area contributed by atoms with E-state index in [1.165, 1.54) is 12.1 Å². The molecule has 0 spiro atoms. The van der Waals surface area contributed by atoms with Crippen molar-refractivity contribution < 1.29 is 13.2 Å². The first-order valence-corrected chi connectivity index (χ1v) is 7.24. The van der Waals surface area contributed by atoms with E-state index in [-0.39, 0.29) is 0 Å². The van der Waals surface area contributed by atoms with E-state index in [1.54, 1.807) is 6.26 Å². The maximum atomic E-state index is 13.7. The third-order valence-electron chi connectivity index (χ3n) is 3.46. The topological polar surface area (TPSA) is 29.3 Å². The highest BCUT2D eigenvalue weighted by Crippen LogP contribution is 2.19. The molecule has 1 heterocycles. The van der Waals surface area contributed by atoms with Crippen LogP contribution in [0.25, 0.3) is 11.5 Å². The monoisotopic (exact) mass is 314 g/mol. The molecule has 0 radical (unpaired) electrons. The van der Waals surface area contributed by atoms with Gasteiger partial charge in [-0.15, -0.1) is 0 Å². The lowest BCUT2D eigenvalue weighted by molar-refractivity contribution is 0.309. The molecular formula is C18H16F2N2O. The third kappa shape index (κ3) is 3.81. The van der Waals surface area contributed by atoms with Crippen LogP contribution in [0.4, 0.5) is 8.78 Å². The lowest BCUT2D eigenvalue weighted by Crippen LogP contribution is -2.18. The predicted octanol–water partition coefficient (Wildman–Crippen LogP) is 4.25. The average molecular weight is 314 g/mol. The summed E-state index contributed by atoms with van der Waals surface area (Å²) < 4.78 is 32.1. The molecule has 0 aliphatic heterocycles. The highest BCUT2D eigenvalue weighted by molar-refractivity contribution is 5.52. The van der Waals surface area contributed by atoms with E-state index >= 15 is 0 Å². The van der Waals surface area contributed by atoms with Crippen LogP contribution in [-0.2, 0) is 13.1 Å². The van der Waals surface area contributed by atoms with Gasteiger partial charge in [0, 0.05) is 30.3 Å². The SMILES string of the molecule is CN(Cc1coc(-c2ccccc2)n1)Cc1ccc(F)cc1F. The zero-order chi connectivity index (χ0) is 16.2. The smallest absolute Gasteiger partial charge is 0.226 e. The van der Waals surface area contributed by atoms with Crippen molar-refractivity contribution in [3.05, 3.63) is 77.7 Å². The number of rotatable bonds is 5. The lowest BCUT2D eigenvalue weighted by Gasteiger charge is -2.15. The Balaban J connectivity index is 1.66. The summed E-state index contributed by atoms with van der Waals surface area (Å²) in [5.41, 5.74) is 2.11. The summed E-state index contributed by atoms with van der Waals surface area (Å²) in [6, 6.07) is 13.2. The second-order valence-electron chi connectivity index (χ2n) is 5.42. The van der Waals surface area contributed by atoms with Crippen molar-refractivity contribution in [2.45, 2.75) is 13.1 Å². The highest BCUT2D eigenvalue weighted by Gasteiger charge is 2.11. The van der Waals surface area contributed by atoms with Crippen LogP contribution in [0.1, 0.15) is 11.3 Å². The van der Waals surface area contributed by atoms with Crippen LogP contribution in [0, 0.1) is 11.6 Å². The molecule has 3 rings (SSSR count). The quantitative estimate of drug-likeness (QED) is 0.705. The number of hydrogen-bond donors (Lipinski definition) is 0. The van der Waals surface area contributed by atoms with Gasteiger partial charge in [-0.2, -0.15) is 0 Å². The standard InChI is InChI=1S/C18H16F2N2O/c1-22(10-14-7-8-15(19)9-17(14)20)11-16-12-23-18(21-16)13-5-3-2-4-6-13/h2-9,12H,10-11H2,1H3. The zero-order valence-electron chi connectivity index (χ0n) is 12.7. The molecule has 0 aliphatic rings. The largest absolute Gasteiger partial charge is 0.444 e. The molecule has 0 bridgehead atoms. The molecule has 3 aromatic rings. The first-order valence-electron chi connectivity index (χ1n) is 7.24. The van der Waals surface area contributed by atoms with Gasteiger partial charge in [0.1, 0.15) is 17.9 Å². The van der Waals surface area contributed by atoms with E-state index in [4.69, 9.17) is 4.42 Å². The molecule has 0 saturated carbocycles. The Hall–Kier alpha value is -2.53. The van der Waals surface area contributed by atoms with E-state index in [0.29, 0.717) is 24.5 Å². The lowest BCUT2D eigenvalue weighted by atomic mass is 10.2. The molecule has 0 unspecified atom stereocenters. The minimum absolute atomic E-state index is 0.361. The van der Waals surface area contributed by atoms with E-state index in [0.717, 1.165) is 17.3 Å². The zero-order valence-corrected chi connectivity index (χ0v) is 12.7. The molecule has 2 aromatic carbocycles. The van der Waals surface area contributed by atoms with Crippen molar-refractivity contribution in [2.24, 2.45) is 0 Å². The Morgan fingerprint density at radius 1 is 1.04 bits per heavy atom. The van der Waals surface area contributed by atoms with Gasteiger partial charge in [-0.05, 0) is 25.2 Å². The van der Waals surface area contributed by atoms with E-state index in [1.807, 2.05) is 42.3 Å². The van der Waals surface area contributed by atoms with E-state index in [9.17, 15) is 8.78 Å². The molecule has 1 aromatic heterocycles. The summed E-state index contributed by atoms with van der Waals surface area (Å²) in [4.78, 5) is 6.33. The fourth-order valence-corrected chi connectivity index (χ4v) is 2.37. The first-order chi connectivity index (χ1) is 11.1. The van der Waals surface area contributed by atoms with Gasteiger partial charge in [-0.3, -0.25) is 4.90 Å². The van der Waals surface area contributed by atoms with Gasteiger partial charge in [0.2, 0.25) is 5.89 Å². The molecule has 0 amide bonds. The molecule has 118 valence electrons. The number of hydrogen-bond acceptors (Lipinski definition) is 3. The van der Waals surface area contributed by atoms with E-state index in [2.05, 4.69) is 4.98 Å². The van der Waals surface area contributed by atoms with Crippen LogP contribution >= 0.6 is 0 Å². The molecule has 23 heavy (non-hydrogen) atoms. The normalized spacial score (nSPS) is 11.1. The molecule has 0 aliphatic carbocycles. The van der Waals surface area contributed by atoms with Crippen LogP contribution in [0.5, 0.6) is 0 Å². The van der Waals surface area contributed by atoms with Crippen LogP contribution in [0.2, 0.25) is 0 Å². The number of halogens is 2. The third-order valence-corrected chi connectivity index (χ3v) is 3.46. The minimum Gasteiger partial charge on any atom is -0.444 e. The van der Waals surface area contributed by atoms with Crippen LogP contribution < -0.4 is 0 Å². The van der Waals surface area contributed by atoms with E-state index < -0.39 is 11.6 Å². The second-order valence-corrected chi connectivity index (χ2v) is 5.42. The Morgan fingerprint density at radius 2 is 1.83 bits per heavy atom. The van der Waals surface area contributed by atoms with Gasteiger partial charge in [-0.25, -0.2) is 13.8 Å². The number of benzene rings is 2. The molecule has 0 saturated heterocycles. The maximum Gasteiger partial charge on any atom is 0.226 e. The summed E-state index contributed by atoms with van der Waals surface area (Å²) >= 11 is 0. The predicted molar refractivity (Wildman–Crippen MR) is 83.5 cm³/mol. The van der Waals surface area contributed by atoms with Gasteiger partial charge in [0.05, 0.1) is 5.69 Å². The Labute approximate surface area is 133 Å². The van der Waals surface area contributed by atoms with Crippen LogP contribution in [-0.4, -0.2) is 16.9 Å². The van der Waals surface area contributed by atoms with Gasteiger partial charge < -0.3 is 4.42 Å². The first kappa shape index (κ1) is 15.4. The van der Waals surface area contributed by atoms with Crippen LogP contribution in [0.3, 0.4) is 0 Å². The Morgan fingerprint density at radius 3 is 2.57 bits per heavy atom. The van der Waals surface area contributed by atoms with Crippen molar-refractivity contribution in [1.82, 2.24) is 9.88 Å². The number of oxazole rings is 1. The number of nitrogens with zero attached hydrogens (tertiary/aromatic N) is 2. The van der Waals surface area contributed by atoms with Gasteiger partial charge in [0.25, 0.3) is 0 Å². The fourth-order valence-electron chi connectivity index (χ4n) is 2.37. The minimum atomic E-state index is -0.571. The van der Waals surface area contributed by atoms with Crippen molar-refractivity contribution >= 4 is 0 Å². The fraction of sp³-hybridized carbons (Fsp3) is 0.167. The molecule has 0 fully saturated rings. The van der Waals surface area contributed by atoms with Gasteiger partial charge in [0.15, 0.2) is 0 Å². The molecular weight excluding hydrogens is 298 g/mol. The Bertz CT molecular complexity index is 787. The van der Waals surface area contributed by atoms with Gasteiger partial charge in [-0.1, -0.05) is 24.3 Å². The van der Waals surface area contributed by atoms with Gasteiger partial charge >= 0.3 is 0 Å². The van der Waals surface area contributed by atoms with Crippen molar-refractivity contribution in [3.63, 3.8) is 0 Å². The summed E-state index contributed by atoms with van der Waals surface area (Å²) in [7, 11) is 1.85. The van der Waals surface area contributed by atoms with Crippen molar-refractivity contribution in [1.29, 1.82) is 0 Å². The summed E-state index contributed by atoms with van der Waals surface area (Å²) in [6.07, 6.45) is 1.60. The summed E-state index contributed by atoms with van der Waals surface area (Å²) in [5.74, 6) is -0.554.